The van der Waals surface area contributed by atoms with Gasteiger partial charge in [-0.1, -0.05) is 72.8 Å². The number of carbonyl (C=O) groups is 2. The van der Waals surface area contributed by atoms with Gasteiger partial charge in [-0.3, -0.25) is 4.79 Å². The molecule has 0 saturated carbocycles. The molecular weight excluding hydrogens is 332 g/mol. The normalized spacial score (nSPS) is 12.8. The van der Waals surface area contributed by atoms with E-state index in [2.05, 4.69) is 6.92 Å². The van der Waals surface area contributed by atoms with Crippen molar-refractivity contribution in [2.24, 2.45) is 17.3 Å². The summed E-state index contributed by atoms with van der Waals surface area (Å²) in [5, 5.41) is 9.85. The molecule has 0 aromatic heterocycles. The Morgan fingerprint density at radius 1 is 1.04 bits per heavy atom. The van der Waals surface area contributed by atoms with Gasteiger partial charge in [-0.2, -0.15) is 0 Å². The van der Waals surface area contributed by atoms with Gasteiger partial charge in [0, 0.05) is 11.0 Å². The van der Waals surface area contributed by atoms with Gasteiger partial charge >= 0.3 is 5.97 Å². The van der Waals surface area contributed by atoms with E-state index < -0.39 is 11.4 Å². The SMILES string of the molecule is CCCCCCCCC=C(C(=O)O)C(CC(=O)O[SiH3])(C(C)C)C(C)C. The zero-order valence-electron chi connectivity index (χ0n) is 17.1. The number of carboxylic acids is 1. The minimum absolute atomic E-state index is 0.0418. The molecule has 4 nitrogen and oxygen atoms in total. The molecule has 146 valence electrons. The second kappa shape index (κ2) is 12.3. The van der Waals surface area contributed by atoms with E-state index in [4.69, 9.17) is 4.43 Å². The first-order valence-corrected chi connectivity index (χ1v) is 10.6. The van der Waals surface area contributed by atoms with Crippen molar-refractivity contribution in [3.05, 3.63) is 11.6 Å². The summed E-state index contributed by atoms with van der Waals surface area (Å²) in [5.41, 5.74) is -0.298. The summed E-state index contributed by atoms with van der Waals surface area (Å²) in [6.45, 7) is 10.2. The minimum atomic E-state index is -0.908. The molecule has 0 heterocycles. The molecule has 0 aliphatic heterocycles. The Balaban J connectivity index is 5.31. The molecule has 0 aliphatic carbocycles. The monoisotopic (exact) mass is 370 g/mol. The van der Waals surface area contributed by atoms with E-state index in [0.717, 1.165) is 19.3 Å². The van der Waals surface area contributed by atoms with E-state index in [1.807, 2.05) is 33.8 Å². The highest BCUT2D eigenvalue weighted by molar-refractivity contribution is 6.05. The van der Waals surface area contributed by atoms with Crippen LogP contribution in [0.2, 0.25) is 0 Å². The summed E-state index contributed by atoms with van der Waals surface area (Å²) in [4.78, 5) is 24.1. The molecule has 0 atom stereocenters. The van der Waals surface area contributed by atoms with Gasteiger partial charge in [0.05, 0.1) is 6.42 Å². The van der Waals surface area contributed by atoms with Gasteiger partial charge in [0.1, 0.15) is 0 Å². The maximum Gasteiger partial charge on any atom is 0.331 e. The molecule has 25 heavy (non-hydrogen) atoms. The summed E-state index contributed by atoms with van der Waals surface area (Å²) in [6.07, 6.45) is 9.83. The molecule has 0 aliphatic rings. The average Bonchev–Trinajstić information content (AvgIpc) is 2.54. The van der Waals surface area contributed by atoms with E-state index in [1.165, 1.54) is 25.7 Å². The lowest BCUT2D eigenvalue weighted by atomic mass is 9.62. The average molecular weight is 371 g/mol. The summed E-state index contributed by atoms with van der Waals surface area (Å²) in [5.74, 6) is -1.12. The number of allylic oxidation sites excluding steroid dienone is 1. The molecular formula is C20H38O4Si. The van der Waals surface area contributed by atoms with Crippen LogP contribution in [0.1, 0.15) is 86.0 Å². The smallest absolute Gasteiger partial charge is 0.331 e. The first kappa shape index (κ1) is 23.9. The lowest BCUT2D eigenvalue weighted by molar-refractivity contribution is -0.140. The molecule has 0 aromatic carbocycles. The predicted molar refractivity (Wildman–Crippen MR) is 106 cm³/mol. The van der Waals surface area contributed by atoms with E-state index >= 15 is 0 Å². The third-order valence-corrected chi connectivity index (χ3v) is 5.82. The maximum atomic E-state index is 12.0. The van der Waals surface area contributed by atoms with Gasteiger partial charge in [0.15, 0.2) is 0 Å². The van der Waals surface area contributed by atoms with Crippen molar-refractivity contribution in [2.45, 2.75) is 86.0 Å². The van der Waals surface area contributed by atoms with Gasteiger partial charge in [0.25, 0.3) is 5.97 Å². The predicted octanol–water partition coefficient (Wildman–Crippen LogP) is 4.26. The van der Waals surface area contributed by atoms with Crippen LogP contribution < -0.4 is 0 Å². The van der Waals surface area contributed by atoms with Crippen molar-refractivity contribution in [3.63, 3.8) is 0 Å². The van der Waals surface area contributed by atoms with Crippen molar-refractivity contribution >= 4 is 22.4 Å². The van der Waals surface area contributed by atoms with Crippen LogP contribution in [-0.4, -0.2) is 27.5 Å². The summed E-state index contributed by atoms with van der Waals surface area (Å²) in [7, 11) is 0.338. The highest BCUT2D eigenvalue weighted by atomic mass is 28.2. The zero-order valence-corrected chi connectivity index (χ0v) is 19.1. The van der Waals surface area contributed by atoms with E-state index in [-0.39, 0.29) is 24.2 Å². The quantitative estimate of drug-likeness (QED) is 0.299. The molecule has 5 heteroatoms. The zero-order chi connectivity index (χ0) is 19.5. The third kappa shape index (κ3) is 7.34. The topological polar surface area (TPSA) is 63.6 Å². The third-order valence-electron chi connectivity index (χ3n) is 5.36. The second-order valence-electron chi connectivity index (χ2n) is 7.58. The molecule has 0 rings (SSSR count). The van der Waals surface area contributed by atoms with Gasteiger partial charge in [-0.05, 0) is 24.7 Å². The Bertz CT molecular complexity index is 433. The Morgan fingerprint density at radius 2 is 1.56 bits per heavy atom. The second-order valence-corrected chi connectivity index (χ2v) is 7.99. The molecule has 0 aromatic rings. The van der Waals surface area contributed by atoms with Crippen molar-refractivity contribution in [3.8, 4) is 0 Å². The van der Waals surface area contributed by atoms with E-state index in [0.29, 0.717) is 16.1 Å². The van der Waals surface area contributed by atoms with Crippen LogP contribution >= 0.6 is 0 Å². The van der Waals surface area contributed by atoms with Crippen LogP contribution in [-0.2, 0) is 14.0 Å². The lowest BCUT2D eigenvalue weighted by Crippen LogP contribution is -2.40. The van der Waals surface area contributed by atoms with Crippen molar-refractivity contribution in [1.29, 1.82) is 0 Å². The first-order chi connectivity index (χ1) is 11.7. The van der Waals surface area contributed by atoms with Crippen LogP contribution in [0, 0.1) is 17.3 Å². The number of aliphatic carboxylic acids is 1. The van der Waals surface area contributed by atoms with E-state index in [1.54, 1.807) is 0 Å². The van der Waals surface area contributed by atoms with Gasteiger partial charge in [-0.25, -0.2) is 4.79 Å². The summed E-state index contributed by atoms with van der Waals surface area (Å²) >= 11 is 0. The van der Waals surface area contributed by atoms with Crippen molar-refractivity contribution in [2.75, 3.05) is 0 Å². The number of hydrogen-bond donors (Lipinski definition) is 1. The largest absolute Gasteiger partial charge is 0.529 e. The number of carboxylic acid groups (broad SMARTS) is 1. The highest BCUT2D eigenvalue weighted by Gasteiger charge is 2.45. The lowest BCUT2D eigenvalue weighted by Gasteiger charge is -2.41. The number of rotatable bonds is 13. The Labute approximate surface area is 157 Å². The number of unbranched alkanes of at least 4 members (excludes halogenated alkanes) is 6. The van der Waals surface area contributed by atoms with E-state index in [9.17, 15) is 14.7 Å². The summed E-state index contributed by atoms with van der Waals surface area (Å²) < 4.78 is 5.00. The van der Waals surface area contributed by atoms with Crippen molar-refractivity contribution < 1.29 is 19.1 Å². The molecule has 0 saturated heterocycles. The van der Waals surface area contributed by atoms with Crippen LogP contribution in [0.4, 0.5) is 0 Å². The molecule has 0 amide bonds. The van der Waals surface area contributed by atoms with Crippen LogP contribution in [0.25, 0.3) is 0 Å². The molecule has 0 unspecified atom stereocenters. The molecule has 0 spiro atoms. The fraction of sp³-hybridized carbons (Fsp3) is 0.800. The number of carbonyl (C=O) groups excluding carboxylic acids is 1. The molecule has 0 radical (unpaired) electrons. The first-order valence-electron chi connectivity index (χ1n) is 9.74. The maximum absolute atomic E-state index is 12.0. The van der Waals surface area contributed by atoms with Gasteiger partial charge < -0.3 is 9.53 Å². The fourth-order valence-corrected chi connectivity index (χ4v) is 3.89. The molecule has 0 fully saturated rings. The van der Waals surface area contributed by atoms with Gasteiger partial charge in [-0.15, -0.1) is 0 Å². The standard InChI is InChI=1S/C20H38O4Si/c1-6-7-8-9-10-11-12-13-17(19(22)23)20(15(2)3,16(4)5)14-18(21)24-25/h13,15-16H,6-12,14H2,1-5,25H3,(H,22,23). The van der Waals surface area contributed by atoms with Crippen LogP contribution in [0.15, 0.2) is 11.6 Å². The summed E-state index contributed by atoms with van der Waals surface area (Å²) in [6, 6.07) is 0. The number of hydrogen-bond acceptors (Lipinski definition) is 3. The Hall–Kier alpha value is -1.10. The van der Waals surface area contributed by atoms with Gasteiger partial charge in [0.2, 0.25) is 10.5 Å². The fourth-order valence-electron chi connectivity index (χ4n) is 3.75. The highest BCUT2D eigenvalue weighted by Crippen LogP contribution is 2.46. The van der Waals surface area contributed by atoms with Crippen molar-refractivity contribution in [1.82, 2.24) is 0 Å². The molecule has 0 bridgehead atoms. The van der Waals surface area contributed by atoms with Crippen LogP contribution in [0.3, 0.4) is 0 Å². The Kier molecular flexibility index (Phi) is 11.7. The minimum Gasteiger partial charge on any atom is -0.529 e. The molecule has 1 N–H and O–H groups in total. The Morgan fingerprint density at radius 3 is 2.00 bits per heavy atom. The van der Waals surface area contributed by atoms with Crippen LogP contribution in [0.5, 0.6) is 0 Å².